The molecule has 0 fully saturated rings. The van der Waals surface area contributed by atoms with E-state index in [2.05, 4.69) is 21.2 Å². The third-order valence-corrected chi connectivity index (χ3v) is 3.71. The van der Waals surface area contributed by atoms with E-state index >= 15 is 0 Å². The molecule has 1 aromatic heterocycles. The van der Waals surface area contributed by atoms with Gasteiger partial charge in [-0.3, -0.25) is 4.79 Å². The summed E-state index contributed by atoms with van der Waals surface area (Å²) in [7, 11) is 1.56. The van der Waals surface area contributed by atoms with E-state index in [9.17, 15) is 4.79 Å². The SMILES string of the molecule is COc1ccc(Br)cc1NC(=O)c1cc(Cl)cn1C(C)C. The second kappa shape index (κ2) is 6.54. The molecule has 6 heteroatoms. The highest BCUT2D eigenvalue weighted by atomic mass is 79.9. The van der Waals surface area contributed by atoms with Crippen LogP contribution < -0.4 is 10.1 Å². The number of rotatable bonds is 4. The van der Waals surface area contributed by atoms with Crippen molar-refractivity contribution in [3.8, 4) is 5.75 Å². The molecule has 1 N–H and O–H groups in total. The van der Waals surface area contributed by atoms with Crippen LogP contribution in [0.25, 0.3) is 0 Å². The summed E-state index contributed by atoms with van der Waals surface area (Å²) in [5.41, 5.74) is 1.11. The Morgan fingerprint density at radius 1 is 1.38 bits per heavy atom. The lowest BCUT2D eigenvalue weighted by molar-refractivity contribution is 0.101. The second-order valence-corrected chi connectivity index (χ2v) is 6.20. The Balaban J connectivity index is 2.32. The van der Waals surface area contributed by atoms with Crippen LogP contribution in [0.2, 0.25) is 5.02 Å². The molecule has 0 bridgehead atoms. The second-order valence-electron chi connectivity index (χ2n) is 4.84. The zero-order chi connectivity index (χ0) is 15.6. The highest BCUT2D eigenvalue weighted by molar-refractivity contribution is 9.10. The fourth-order valence-electron chi connectivity index (χ4n) is 2.02. The van der Waals surface area contributed by atoms with Gasteiger partial charge >= 0.3 is 0 Å². The fourth-order valence-corrected chi connectivity index (χ4v) is 2.59. The molecular formula is C15H16BrClN2O2. The smallest absolute Gasteiger partial charge is 0.272 e. The van der Waals surface area contributed by atoms with Gasteiger partial charge in [0.1, 0.15) is 11.4 Å². The van der Waals surface area contributed by atoms with E-state index in [0.717, 1.165) is 4.47 Å². The maximum absolute atomic E-state index is 12.5. The van der Waals surface area contributed by atoms with Gasteiger partial charge in [-0.2, -0.15) is 0 Å². The number of nitrogens with one attached hydrogen (secondary N) is 1. The van der Waals surface area contributed by atoms with Gasteiger partial charge < -0.3 is 14.6 Å². The third-order valence-electron chi connectivity index (χ3n) is 3.01. The summed E-state index contributed by atoms with van der Waals surface area (Å²) >= 11 is 9.39. The van der Waals surface area contributed by atoms with Gasteiger partial charge in [0, 0.05) is 16.7 Å². The minimum atomic E-state index is -0.230. The molecule has 0 saturated carbocycles. The standard InChI is InChI=1S/C15H16BrClN2O2/c1-9(2)19-8-11(17)7-13(19)15(20)18-12-6-10(16)4-5-14(12)21-3/h4-9H,1-3H3,(H,18,20). The Hall–Kier alpha value is -1.46. The largest absolute Gasteiger partial charge is 0.495 e. The van der Waals surface area contributed by atoms with Crippen LogP contribution in [0.4, 0.5) is 5.69 Å². The summed E-state index contributed by atoms with van der Waals surface area (Å²) in [4.78, 5) is 12.5. The maximum atomic E-state index is 12.5. The molecule has 0 atom stereocenters. The first kappa shape index (κ1) is 15.9. The number of amides is 1. The normalized spacial score (nSPS) is 10.8. The summed E-state index contributed by atoms with van der Waals surface area (Å²) < 4.78 is 7.94. The first-order valence-corrected chi connectivity index (χ1v) is 7.61. The molecule has 21 heavy (non-hydrogen) atoms. The Bertz CT molecular complexity index is 668. The van der Waals surface area contributed by atoms with Gasteiger partial charge in [-0.25, -0.2) is 0 Å². The van der Waals surface area contributed by atoms with Crippen molar-refractivity contribution in [1.29, 1.82) is 0 Å². The molecule has 0 saturated heterocycles. The monoisotopic (exact) mass is 370 g/mol. The van der Waals surface area contributed by atoms with Crippen molar-refractivity contribution in [2.75, 3.05) is 12.4 Å². The number of methoxy groups -OCH3 is 1. The number of carbonyl (C=O) groups excluding carboxylic acids is 1. The highest BCUT2D eigenvalue weighted by Gasteiger charge is 2.17. The quantitative estimate of drug-likeness (QED) is 0.843. The van der Waals surface area contributed by atoms with Gasteiger partial charge in [-0.05, 0) is 38.1 Å². The first-order valence-electron chi connectivity index (χ1n) is 6.44. The van der Waals surface area contributed by atoms with Crippen molar-refractivity contribution < 1.29 is 9.53 Å². The number of nitrogens with zero attached hydrogens (tertiary/aromatic N) is 1. The zero-order valence-corrected chi connectivity index (χ0v) is 14.3. The summed E-state index contributed by atoms with van der Waals surface area (Å²) in [5.74, 6) is 0.368. The van der Waals surface area contributed by atoms with E-state index in [1.54, 1.807) is 31.5 Å². The van der Waals surface area contributed by atoms with Crippen molar-refractivity contribution >= 4 is 39.1 Å². The van der Waals surface area contributed by atoms with Crippen LogP contribution in [-0.4, -0.2) is 17.6 Å². The molecule has 0 radical (unpaired) electrons. The Morgan fingerprint density at radius 3 is 2.71 bits per heavy atom. The van der Waals surface area contributed by atoms with Gasteiger partial charge in [0.15, 0.2) is 0 Å². The predicted octanol–water partition coefficient (Wildman–Crippen LogP) is 4.75. The molecule has 0 aliphatic heterocycles. The molecule has 0 unspecified atom stereocenters. The Morgan fingerprint density at radius 2 is 2.10 bits per heavy atom. The number of hydrogen-bond acceptors (Lipinski definition) is 2. The highest BCUT2D eigenvalue weighted by Crippen LogP contribution is 2.29. The number of halogens is 2. The summed E-state index contributed by atoms with van der Waals surface area (Å²) in [5, 5.41) is 3.39. The van der Waals surface area contributed by atoms with Crippen LogP contribution in [0, 0.1) is 0 Å². The fraction of sp³-hybridized carbons (Fsp3) is 0.267. The molecule has 112 valence electrons. The van der Waals surface area contributed by atoms with Crippen LogP contribution >= 0.6 is 27.5 Å². The number of ether oxygens (including phenoxy) is 1. The summed E-state index contributed by atoms with van der Waals surface area (Å²) in [6.07, 6.45) is 1.75. The van der Waals surface area contributed by atoms with Crippen LogP contribution in [-0.2, 0) is 0 Å². The molecule has 1 aromatic carbocycles. The van der Waals surface area contributed by atoms with Crippen molar-refractivity contribution in [2.24, 2.45) is 0 Å². The zero-order valence-electron chi connectivity index (χ0n) is 12.0. The number of hydrogen-bond donors (Lipinski definition) is 1. The average molecular weight is 372 g/mol. The van der Waals surface area contributed by atoms with Crippen LogP contribution in [0.5, 0.6) is 5.75 Å². The molecule has 2 aromatic rings. The van der Waals surface area contributed by atoms with Crippen molar-refractivity contribution in [3.63, 3.8) is 0 Å². The van der Waals surface area contributed by atoms with Gasteiger partial charge in [-0.15, -0.1) is 0 Å². The van der Waals surface area contributed by atoms with E-state index in [1.165, 1.54) is 0 Å². The lowest BCUT2D eigenvalue weighted by atomic mass is 10.2. The van der Waals surface area contributed by atoms with E-state index < -0.39 is 0 Å². The van der Waals surface area contributed by atoms with Crippen molar-refractivity contribution in [1.82, 2.24) is 4.57 Å². The molecule has 2 rings (SSSR count). The van der Waals surface area contributed by atoms with Crippen molar-refractivity contribution in [2.45, 2.75) is 19.9 Å². The molecular weight excluding hydrogens is 356 g/mol. The van der Waals surface area contributed by atoms with E-state index in [1.807, 2.05) is 24.5 Å². The number of carbonyl (C=O) groups is 1. The molecule has 1 amide bonds. The number of anilines is 1. The number of aromatic nitrogens is 1. The minimum absolute atomic E-state index is 0.141. The average Bonchev–Trinajstić information content (AvgIpc) is 2.81. The maximum Gasteiger partial charge on any atom is 0.272 e. The lowest BCUT2D eigenvalue weighted by Gasteiger charge is -2.14. The van der Waals surface area contributed by atoms with Crippen molar-refractivity contribution in [3.05, 3.63) is 45.7 Å². The van der Waals surface area contributed by atoms with Gasteiger partial charge in [-0.1, -0.05) is 27.5 Å². The minimum Gasteiger partial charge on any atom is -0.495 e. The lowest BCUT2D eigenvalue weighted by Crippen LogP contribution is -2.18. The molecule has 0 spiro atoms. The van der Waals surface area contributed by atoms with E-state index in [0.29, 0.717) is 22.2 Å². The molecule has 0 aliphatic carbocycles. The molecule has 0 aliphatic rings. The van der Waals surface area contributed by atoms with Crippen LogP contribution in [0.15, 0.2) is 34.9 Å². The van der Waals surface area contributed by atoms with Crippen LogP contribution in [0.3, 0.4) is 0 Å². The summed E-state index contributed by atoms with van der Waals surface area (Å²) in [6, 6.07) is 7.22. The van der Waals surface area contributed by atoms with Gasteiger partial charge in [0.2, 0.25) is 0 Å². The van der Waals surface area contributed by atoms with E-state index in [4.69, 9.17) is 16.3 Å². The van der Waals surface area contributed by atoms with Gasteiger partial charge in [0.05, 0.1) is 17.8 Å². The molecule has 1 heterocycles. The number of benzene rings is 1. The predicted molar refractivity (Wildman–Crippen MR) is 88.5 cm³/mol. The van der Waals surface area contributed by atoms with Gasteiger partial charge in [0.25, 0.3) is 5.91 Å². The van der Waals surface area contributed by atoms with Crippen LogP contribution in [0.1, 0.15) is 30.4 Å². The first-order chi connectivity index (χ1) is 9.92. The summed E-state index contributed by atoms with van der Waals surface area (Å²) in [6.45, 7) is 3.99. The Kier molecular flexibility index (Phi) is 4.96. The molecule has 4 nitrogen and oxygen atoms in total. The topological polar surface area (TPSA) is 43.3 Å². The third kappa shape index (κ3) is 3.60. The van der Waals surface area contributed by atoms with E-state index in [-0.39, 0.29) is 11.9 Å². The Labute approximate surface area is 137 Å².